The van der Waals surface area contributed by atoms with Crippen LogP contribution in [0.25, 0.3) is 0 Å². The summed E-state index contributed by atoms with van der Waals surface area (Å²) in [5, 5.41) is 2.79. The van der Waals surface area contributed by atoms with Gasteiger partial charge in [-0.1, -0.05) is 23.7 Å². The number of halogens is 2. The number of carbonyl (C=O) groups is 3. The first kappa shape index (κ1) is 29.5. The fourth-order valence-corrected chi connectivity index (χ4v) is 5.65. The van der Waals surface area contributed by atoms with Gasteiger partial charge in [-0.25, -0.2) is 17.6 Å². The molecule has 2 aromatic rings. The first-order chi connectivity index (χ1) is 17.7. The van der Waals surface area contributed by atoms with Crippen molar-refractivity contribution < 1.29 is 36.7 Å². The summed E-state index contributed by atoms with van der Waals surface area (Å²) >= 11 is 5.98. The van der Waals surface area contributed by atoms with E-state index in [1.165, 1.54) is 7.11 Å². The second-order valence-corrected chi connectivity index (χ2v) is 12.3. The quantitative estimate of drug-likeness (QED) is 0.372. The molecule has 1 aliphatic heterocycles. The fourth-order valence-electron chi connectivity index (χ4n) is 3.91. The molecule has 2 amide bonds. The van der Waals surface area contributed by atoms with Gasteiger partial charge in [0.05, 0.1) is 28.4 Å². The van der Waals surface area contributed by atoms with Crippen molar-refractivity contribution in [2.75, 3.05) is 24.4 Å². The largest absolute Gasteiger partial charge is 0.444 e. The molecule has 1 aliphatic rings. The van der Waals surface area contributed by atoms with Gasteiger partial charge < -0.3 is 19.7 Å². The summed E-state index contributed by atoms with van der Waals surface area (Å²) < 4.78 is 51.9. The number of ether oxygens (including phenoxy) is 2. The van der Waals surface area contributed by atoms with Crippen molar-refractivity contribution in [2.45, 2.75) is 56.7 Å². The zero-order valence-corrected chi connectivity index (χ0v) is 23.1. The van der Waals surface area contributed by atoms with Gasteiger partial charge in [-0.15, -0.1) is 0 Å². The van der Waals surface area contributed by atoms with Crippen LogP contribution in [0.1, 0.15) is 49.5 Å². The molecule has 9 nitrogen and oxygen atoms in total. The number of Topliss-reactive ketones (excluding diaryl/α,β-unsaturated/α-hetero) is 1. The molecule has 0 unspecified atom stereocenters. The average molecular weight is 569 g/mol. The monoisotopic (exact) mass is 568 g/mol. The number of amides is 2. The number of fused-ring (bicyclic) bond motifs is 1. The van der Waals surface area contributed by atoms with Crippen molar-refractivity contribution in [2.24, 2.45) is 0 Å². The average Bonchev–Trinajstić information content (AvgIpc) is 2.87. The number of anilines is 1. The summed E-state index contributed by atoms with van der Waals surface area (Å²) in [6.45, 7) is 5.01. The smallest absolute Gasteiger partial charge is 0.408 e. The van der Waals surface area contributed by atoms with Crippen LogP contribution in [-0.4, -0.2) is 57.3 Å². The molecule has 0 bridgehead atoms. The molecule has 0 aliphatic carbocycles. The lowest BCUT2D eigenvalue weighted by molar-refractivity contribution is -0.120. The summed E-state index contributed by atoms with van der Waals surface area (Å²) in [5.41, 5.74) is -0.817. The Morgan fingerprint density at radius 2 is 1.84 bits per heavy atom. The summed E-state index contributed by atoms with van der Waals surface area (Å²) in [5.74, 6) is -3.17. The van der Waals surface area contributed by atoms with Crippen LogP contribution in [-0.2, 0) is 30.7 Å². The number of rotatable bonds is 8. The highest BCUT2D eigenvalue weighted by molar-refractivity contribution is 7.91. The summed E-state index contributed by atoms with van der Waals surface area (Å²) in [7, 11) is -2.82. The molecule has 1 heterocycles. The first-order valence-corrected chi connectivity index (χ1v) is 13.9. The minimum absolute atomic E-state index is 0.0374. The molecule has 1 N–H and O–H groups in total. The molecule has 0 spiro atoms. The van der Waals surface area contributed by atoms with Crippen LogP contribution in [0.15, 0.2) is 41.3 Å². The number of hydrogen-bond donors (Lipinski definition) is 1. The Bertz CT molecular complexity index is 1320. The van der Waals surface area contributed by atoms with Crippen LogP contribution in [0.4, 0.5) is 14.9 Å². The topological polar surface area (TPSA) is 119 Å². The molecular formula is C26H30ClFN2O7S. The highest BCUT2D eigenvalue weighted by Crippen LogP contribution is 2.35. The highest BCUT2D eigenvalue weighted by Gasteiger charge is 2.40. The van der Waals surface area contributed by atoms with Crippen LogP contribution < -0.4 is 10.2 Å². The van der Waals surface area contributed by atoms with Gasteiger partial charge in [-0.3, -0.25) is 9.59 Å². The van der Waals surface area contributed by atoms with Gasteiger partial charge >= 0.3 is 6.09 Å². The Morgan fingerprint density at radius 1 is 1.18 bits per heavy atom. The predicted molar refractivity (Wildman–Crippen MR) is 140 cm³/mol. The lowest BCUT2D eigenvalue weighted by atomic mass is 10.0. The minimum Gasteiger partial charge on any atom is -0.444 e. The number of nitrogens with one attached hydrogen (secondary N) is 1. The van der Waals surface area contributed by atoms with E-state index in [1.54, 1.807) is 45.0 Å². The van der Waals surface area contributed by atoms with E-state index in [-0.39, 0.29) is 30.8 Å². The summed E-state index contributed by atoms with van der Waals surface area (Å²) in [6, 6.07) is 6.80. The van der Waals surface area contributed by atoms with E-state index >= 15 is 4.39 Å². The Labute approximate surface area is 226 Å². The third-order valence-corrected chi connectivity index (χ3v) is 7.64. The molecule has 38 heavy (non-hydrogen) atoms. The van der Waals surface area contributed by atoms with Crippen molar-refractivity contribution in [3.8, 4) is 0 Å². The van der Waals surface area contributed by atoms with Gasteiger partial charge in [-0.05, 0) is 57.0 Å². The van der Waals surface area contributed by atoms with Crippen LogP contribution in [0.2, 0.25) is 5.02 Å². The second kappa shape index (κ2) is 11.8. The molecule has 0 saturated heterocycles. The molecule has 3 rings (SSSR count). The Morgan fingerprint density at radius 3 is 2.45 bits per heavy atom. The minimum atomic E-state index is -4.29. The molecule has 2 aromatic carbocycles. The van der Waals surface area contributed by atoms with Gasteiger partial charge in [0, 0.05) is 25.2 Å². The Hall–Kier alpha value is -3.02. The zero-order valence-electron chi connectivity index (χ0n) is 21.5. The lowest BCUT2D eigenvalue weighted by Gasteiger charge is -2.27. The molecular weight excluding hydrogens is 539 g/mol. The van der Waals surface area contributed by atoms with Crippen molar-refractivity contribution in [1.29, 1.82) is 0 Å². The fraction of sp³-hybridized carbons (Fsp3) is 0.423. The number of methoxy groups -OCH3 is 1. The van der Waals surface area contributed by atoms with E-state index in [1.807, 2.05) is 0 Å². The number of alkyl carbamates (subject to hydrolysis) is 1. The van der Waals surface area contributed by atoms with Crippen LogP contribution in [0.5, 0.6) is 0 Å². The van der Waals surface area contributed by atoms with Crippen molar-refractivity contribution in [3.63, 3.8) is 0 Å². The first-order valence-electron chi connectivity index (χ1n) is 11.9. The lowest BCUT2D eigenvalue weighted by Crippen LogP contribution is -2.51. The molecule has 0 radical (unpaired) electrons. The molecule has 1 atom stereocenters. The third kappa shape index (κ3) is 7.30. The maximum Gasteiger partial charge on any atom is 0.408 e. The number of benzene rings is 2. The van der Waals surface area contributed by atoms with Crippen molar-refractivity contribution >= 4 is 44.9 Å². The predicted octanol–water partition coefficient (Wildman–Crippen LogP) is 4.30. The van der Waals surface area contributed by atoms with E-state index in [0.29, 0.717) is 17.0 Å². The number of ketones is 1. The maximum atomic E-state index is 15.1. The highest BCUT2D eigenvalue weighted by atomic mass is 35.5. The summed E-state index contributed by atoms with van der Waals surface area (Å²) in [6.07, 6.45) is -0.687. The molecule has 206 valence electrons. The maximum absolute atomic E-state index is 15.1. The van der Waals surface area contributed by atoms with Gasteiger partial charge in [0.1, 0.15) is 17.5 Å². The van der Waals surface area contributed by atoms with E-state index in [2.05, 4.69) is 5.32 Å². The standard InChI is InChI=1S/C26H30ClFN2O7S/c1-26(2,3)37-25(33)29-20-15-38(34,35)23-13-19(28)18(22(31)6-5-11-36-4)12-21(23)30(24(20)32)14-16-7-9-17(27)10-8-16/h7-10,12-13,20H,5-6,11,14-15H2,1-4H3,(H,29,33)/t20-/m0/s1. The van der Waals surface area contributed by atoms with E-state index < -0.39 is 55.7 Å². The SMILES string of the molecule is COCCCC(=O)c1cc2c(cc1F)S(=O)(=O)C[C@H](NC(=O)OC(C)(C)C)C(=O)N2Cc1ccc(Cl)cc1. The van der Waals surface area contributed by atoms with Gasteiger partial charge in [0.2, 0.25) is 0 Å². The second-order valence-electron chi connectivity index (χ2n) is 9.85. The molecule has 12 heteroatoms. The molecule has 0 saturated carbocycles. The van der Waals surface area contributed by atoms with Crippen LogP contribution in [0, 0.1) is 5.82 Å². The number of sulfone groups is 1. The van der Waals surface area contributed by atoms with Crippen molar-refractivity contribution in [1.82, 2.24) is 5.32 Å². The number of carbonyl (C=O) groups excluding carboxylic acids is 3. The summed E-state index contributed by atoms with van der Waals surface area (Å²) in [4.78, 5) is 39.6. The number of hydrogen-bond acceptors (Lipinski definition) is 7. The normalized spacial score (nSPS) is 16.9. The number of nitrogens with zero attached hydrogens (tertiary/aromatic N) is 1. The van der Waals surface area contributed by atoms with E-state index in [9.17, 15) is 22.8 Å². The van der Waals surface area contributed by atoms with Crippen LogP contribution in [0.3, 0.4) is 0 Å². The molecule has 0 aromatic heterocycles. The van der Waals surface area contributed by atoms with E-state index in [4.69, 9.17) is 21.1 Å². The zero-order chi connectivity index (χ0) is 28.3. The molecule has 0 fully saturated rings. The van der Waals surface area contributed by atoms with E-state index in [0.717, 1.165) is 17.0 Å². The van der Waals surface area contributed by atoms with Crippen molar-refractivity contribution in [3.05, 3.63) is 58.4 Å². The van der Waals surface area contributed by atoms with Gasteiger partial charge in [-0.2, -0.15) is 0 Å². The van der Waals surface area contributed by atoms with Gasteiger partial charge in [0.25, 0.3) is 5.91 Å². The Balaban J connectivity index is 2.11. The Kier molecular flexibility index (Phi) is 9.17. The third-order valence-electron chi connectivity index (χ3n) is 5.62. The van der Waals surface area contributed by atoms with Gasteiger partial charge in [0.15, 0.2) is 15.6 Å². The van der Waals surface area contributed by atoms with Crippen LogP contribution >= 0.6 is 11.6 Å².